The first kappa shape index (κ1) is 16.6. The Hall–Kier alpha value is -3.21. The van der Waals surface area contributed by atoms with E-state index >= 15 is 0 Å². The van der Waals surface area contributed by atoms with E-state index in [4.69, 9.17) is 10.00 Å². The Morgan fingerprint density at radius 1 is 1.32 bits per heavy atom. The van der Waals surface area contributed by atoms with Crippen LogP contribution < -0.4 is 9.64 Å². The topological polar surface area (TPSA) is 79.9 Å². The molecule has 3 aromatic rings. The smallest absolute Gasteiger partial charge is 0.165 e. The van der Waals surface area contributed by atoms with E-state index < -0.39 is 0 Å². The molecule has 0 saturated carbocycles. The van der Waals surface area contributed by atoms with Gasteiger partial charge in [0, 0.05) is 7.05 Å². The van der Waals surface area contributed by atoms with Crippen LogP contribution in [-0.4, -0.2) is 39.9 Å². The minimum atomic E-state index is -0.381. The Morgan fingerprint density at radius 3 is 2.96 bits per heavy atom. The SMILES string of the molecule is CN(CCOc1ccccc1F)c1ncnc2c1cnn2CCC#N. The second-order valence-electron chi connectivity index (χ2n) is 5.41. The molecule has 25 heavy (non-hydrogen) atoms. The predicted octanol–water partition coefficient (Wildman–Crippen LogP) is 2.39. The molecule has 7 nitrogen and oxygen atoms in total. The maximum absolute atomic E-state index is 13.6. The summed E-state index contributed by atoms with van der Waals surface area (Å²) in [5.74, 6) is 0.562. The maximum Gasteiger partial charge on any atom is 0.165 e. The normalized spacial score (nSPS) is 10.6. The lowest BCUT2D eigenvalue weighted by Crippen LogP contribution is -2.25. The van der Waals surface area contributed by atoms with Crippen molar-refractivity contribution in [3.05, 3.63) is 42.6 Å². The third-order valence-electron chi connectivity index (χ3n) is 3.73. The zero-order valence-corrected chi connectivity index (χ0v) is 13.8. The Labute approximate surface area is 144 Å². The van der Waals surface area contributed by atoms with E-state index in [1.807, 2.05) is 11.9 Å². The molecule has 0 atom stereocenters. The number of para-hydroxylation sites is 1. The quantitative estimate of drug-likeness (QED) is 0.657. The summed E-state index contributed by atoms with van der Waals surface area (Å²) in [6.45, 7) is 1.31. The Bertz CT molecular complexity index is 904. The number of anilines is 1. The molecule has 2 aromatic heterocycles. The van der Waals surface area contributed by atoms with E-state index in [1.54, 1.807) is 29.1 Å². The number of nitrogens with zero attached hydrogens (tertiary/aromatic N) is 6. The standard InChI is InChI=1S/C17H17FN6O/c1-23(9-10-25-15-6-3-2-5-14(15)18)16-13-11-22-24(8-4-7-19)17(13)21-12-20-16/h2-3,5-6,11-12H,4,8-10H2,1H3. The van der Waals surface area contributed by atoms with E-state index in [9.17, 15) is 4.39 Å². The molecule has 0 amide bonds. The van der Waals surface area contributed by atoms with Crippen LogP contribution in [-0.2, 0) is 6.54 Å². The van der Waals surface area contributed by atoms with Crippen LogP contribution in [0.15, 0.2) is 36.8 Å². The molecule has 0 aliphatic carbocycles. The van der Waals surface area contributed by atoms with Crippen LogP contribution in [0.1, 0.15) is 6.42 Å². The number of benzene rings is 1. The highest BCUT2D eigenvalue weighted by Gasteiger charge is 2.13. The molecule has 0 bridgehead atoms. The molecular formula is C17H17FN6O. The number of aromatic nitrogens is 4. The number of ether oxygens (including phenoxy) is 1. The lowest BCUT2D eigenvalue weighted by atomic mass is 10.3. The van der Waals surface area contributed by atoms with Crippen molar-refractivity contribution in [2.75, 3.05) is 25.1 Å². The van der Waals surface area contributed by atoms with Crippen molar-refractivity contribution in [3.8, 4) is 11.8 Å². The molecule has 0 N–H and O–H groups in total. The molecule has 0 aliphatic heterocycles. The van der Waals surface area contributed by atoms with E-state index in [-0.39, 0.29) is 11.6 Å². The van der Waals surface area contributed by atoms with Gasteiger partial charge in [0.2, 0.25) is 0 Å². The van der Waals surface area contributed by atoms with Gasteiger partial charge in [-0.2, -0.15) is 10.4 Å². The van der Waals surface area contributed by atoms with Gasteiger partial charge in [-0.3, -0.25) is 0 Å². The van der Waals surface area contributed by atoms with Gasteiger partial charge in [0.15, 0.2) is 17.2 Å². The summed E-state index contributed by atoms with van der Waals surface area (Å²) in [4.78, 5) is 10.5. The van der Waals surface area contributed by atoms with Crippen molar-refractivity contribution in [3.63, 3.8) is 0 Å². The summed E-state index contributed by atoms with van der Waals surface area (Å²) < 4.78 is 20.7. The number of halogens is 1. The van der Waals surface area contributed by atoms with Crippen LogP contribution in [0.25, 0.3) is 11.0 Å². The molecule has 0 aliphatic rings. The minimum Gasteiger partial charge on any atom is -0.489 e. The monoisotopic (exact) mass is 340 g/mol. The number of hydrogen-bond acceptors (Lipinski definition) is 6. The van der Waals surface area contributed by atoms with Gasteiger partial charge in [0.25, 0.3) is 0 Å². The first-order chi connectivity index (χ1) is 12.2. The minimum absolute atomic E-state index is 0.230. The second kappa shape index (κ2) is 7.57. The fourth-order valence-corrected chi connectivity index (χ4v) is 2.46. The summed E-state index contributed by atoms with van der Waals surface area (Å²) in [6.07, 6.45) is 3.52. The van der Waals surface area contributed by atoms with Gasteiger partial charge in [-0.25, -0.2) is 19.0 Å². The van der Waals surface area contributed by atoms with Gasteiger partial charge in [0.1, 0.15) is 18.8 Å². The average molecular weight is 340 g/mol. The van der Waals surface area contributed by atoms with Gasteiger partial charge < -0.3 is 9.64 Å². The molecule has 0 spiro atoms. The highest BCUT2D eigenvalue weighted by Crippen LogP contribution is 2.22. The number of fused-ring (bicyclic) bond motifs is 1. The maximum atomic E-state index is 13.6. The van der Waals surface area contributed by atoms with E-state index in [0.29, 0.717) is 37.6 Å². The molecule has 0 fully saturated rings. The van der Waals surface area contributed by atoms with Crippen LogP contribution in [0, 0.1) is 17.1 Å². The zero-order chi connectivity index (χ0) is 17.6. The number of rotatable bonds is 7. The van der Waals surface area contributed by atoms with E-state index in [0.717, 1.165) is 5.39 Å². The lowest BCUT2D eigenvalue weighted by Gasteiger charge is -2.19. The van der Waals surface area contributed by atoms with Crippen molar-refractivity contribution in [2.24, 2.45) is 0 Å². The van der Waals surface area contributed by atoms with Gasteiger partial charge in [-0.1, -0.05) is 12.1 Å². The number of likely N-dealkylation sites (N-methyl/N-ethyl adjacent to an activating group) is 1. The third kappa shape index (κ3) is 3.66. The summed E-state index contributed by atoms with van der Waals surface area (Å²) in [7, 11) is 1.87. The molecular weight excluding hydrogens is 323 g/mol. The Balaban J connectivity index is 1.70. The van der Waals surface area contributed by atoms with Gasteiger partial charge in [-0.15, -0.1) is 0 Å². The molecule has 0 radical (unpaired) electrons. The van der Waals surface area contributed by atoms with Crippen molar-refractivity contribution in [1.82, 2.24) is 19.7 Å². The summed E-state index contributed by atoms with van der Waals surface area (Å²) in [5.41, 5.74) is 0.683. The van der Waals surface area contributed by atoms with E-state index in [1.165, 1.54) is 12.4 Å². The van der Waals surface area contributed by atoms with Gasteiger partial charge in [-0.05, 0) is 12.1 Å². The van der Waals surface area contributed by atoms with Crippen LogP contribution in [0.4, 0.5) is 10.2 Å². The molecule has 2 heterocycles. The van der Waals surface area contributed by atoms with Gasteiger partial charge in [0.05, 0.1) is 37.2 Å². The molecule has 0 unspecified atom stereocenters. The Kier molecular flexibility index (Phi) is 5.04. The summed E-state index contributed by atoms with van der Waals surface area (Å²) in [6, 6.07) is 8.40. The lowest BCUT2D eigenvalue weighted by molar-refractivity contribution is 0.309. The predicted molar refractivity (Wildman–Crippen MR) is 90.7 cm³/mol. The Morgan fingerprint density at radius 2 is 2.16 bits per heavy atom. The van der Waals surface area contributed by atoms with Crippen LogP contribution >= 0.6 is 0 Å². The van der Waals surface area contributed by atoms with Crippen molar-refractivity contribution < 1.29 is 9.13 Å². The van der Waals surface area contributed by atoms with Crippen LogP contribution in [0.3, 0.4) is 0 Å². The average Bonchev–Trinajstić information content (AvgIpc) is 3.04. The van der Waals surface area contributed by atoms with E-state index in [2.05, 4.69) is 21.1 Å². The molecule has 1 aromatic carbocycles. The third-order valence-corrected chi connectivity index (χ3v) is 3.73. The highest BCUT2D eigenvalue weighted by molar-refractivity contribution is 5.86. The molecule has 3 rings (SSSR count). The molecule has 128 valence electrons. The summed E-state index contributed by atoms with van der Waals surface area (Å²) >= 11 is 0. The fraction of sp³-hybridized carbons (Fsp3) is 0.294. The second-order valence-corrected chi connectivity index (χ2v) is 5.41. The first-order valence-corrected chi connectivity index (χ1v) is 7.82. The van der Waals surface area contributed by atoms with Gasteiger partial charge >= 0.3 is 0 Å². The van der Waals surface area contributed by atoms with Crippen molar-refractivity contribution >= 4 is 16.9 Å². The largest absolute Gasteiger partial charge is 0.489 e. The summed E-state index contributed by atoms with van der Waals surface area (Å²) in [5, 5.41) is 13.8. The number of nitriles is 1. The molecule has 0 saturated heterocycles. The number of hydrogen-bond donors (Lipinski definition) is 0. The van der Waals surface area contributed by atoms with Crippen molar-refractivity contribution in [2.45, 2.75) is 13.0 Å². The number of aryl methyl sites for hydroxylation is 1. The first-order valence-electron chi connectivity index (χ1n) is 7.82. The fourth-order valence-electron chi connectivity index (χ4n) is 2.46. The van der Waals surface area contributed by atoms with Crippen LogP contribution in [0.2, 0.25) is 0 Å². The van der Waals surface area contributed by atoms with Crippen LogP contribution in [0.5, 0.6) is 5.75 Å². The molecule has 8 heteroatoms. The zero-order valence-electron chi connectivity index (χ0n) is 13.8. The highest BCUT2D eigenvalue weighted by atomic mass is 19.1. The van der Waals surface area contributed by atoms with Crippen molar-refractivity contribution in [1.29, 1.82) is 5.26 Å².